The quantitative estimate of drug-likeness (QED) is 0.815. The van der Waals surface area contributed by atoms with E-state index in [2.05, 4.69) is 22.7 Å². The van der Waals surface area contributed by atoms with Crippen LogP contribution in [0.5, 0.6) is 0 Å². The molecule has 0 radical (unpaired) electrons. The smallest absolute Gasteiger partial charge is 0.0951 e. The molecule has 1 rings (SSSR count). The van der Waals surface area contributed by atoms with Crippen LogP contribution in [0.1, 0.15) is 38.0 Å². The molecule has 0 spiro atoms. The van der Waals surface area contributed by atoms with Crippen molar-refractivity contribution in [3.63, 3.8) is 0 Å². The van der Waals surface area contributed by atoms with Gasteiger partial charge < -0.3 is 10.3 Å². The predicted octanol–water partition coefficient (Wildman–Crippen LogP) is 2.22. The molecule has 0 fully saturated rings. The minimum atomic E-state index is 0.0633. The minimum absolute atomic E-state index is 0.0633. The standard InChI is InChI=1S/C10H19N3S/c1-4-9(6-14-3)13-7-12-5-10(13)8(2)11/h5,7-9H,4,6,11H2,1-3H3. The largest absolute Gasteiger partial charge is 0.329 e. The second-order valence-electron chi connectivity index (χ2n) is 3.53. The summed E-state index contributed by atoms with van der Waals surface area (Å²) < 4.78 is 2.21. The Morgan fingerprint density at radius 1 is 1.64 bits per heavy atom. The maximum Gasteiger partial charge on any atom is 0.0951 e. The second-order valence-corrected chi connectivity index (χ2v) is 4.44. The molecule has 0 aliphatic carbocycles. The normalized spacial score (nSPS) is 15.4. The van der Waals surface area contributed by atoms with Gasteiger partial charge in [0.25, 0.3) is 0 Å². The number of rotatable bonds is 5. The number of imidazole rings is 1. The zero-order chi connectivity index (χ0) is 10.6. The van der Waals surface area contributed by atoms with Crippen LogP contribution in [-0.2, 0) is 0 Å². The van der Waals surface area contributed by atoms with Crippen molar-refractivity contribution in [2.75, 3.05) is 12.0 Å². The average molecular weight is 213 g/mol. The Morgan fingerprint density at radius 3 is 2.86 bits per heavy atom. The van der Waals surface area contributed by atoms with E-state index < -0.39 is 0 Å². The van der Waals surface area contributed by atoms with E-state index in [1.54, 1.807) is 0 Å². The summed E-state index contributed by atoms with van der Waals surface area (Å²) in [6, 6.07) is 0.585. The number of thioether (sulfide) groups is 1. The summed E-state index contributed by atoms with van der Waals surface area (Å²) in [5, 5.41) is 0. The van der Waals surface area contributed by atoms with Gasteiger partial charge in [0.05, 0.1) is 12.0 Å². The zero-order valence-electron chi connectivity index (χ0n) is 9.10. The summed E-state index contributed by atoms with van der Waals surface area (Å²) >= 11 is 1.86. The summed E-state index contributed by atoms with van der Waals surface area (Å²) in [5.41, 5.74) is 7.01. The summed E-state index contributed by atoms with van der Waals surface area (Å²) in [4.78, 5) is 4.17. The van der Waals surface area contributed by atoms with Crippen LogP contribution in [0.25, 0.3) is 0 Å². The van der Waals surface area contributed by atoms with Crippen molar-refractivity contribution in [2.45, 2.75) is 32.4 Å². The average Bonchev–Trinajstić information content (AvgIpc) is 2.62. The third-order valence-electron chi connectivity index (χ3n) is 2.39. The molecule has 1 aromatic rings. The number of hydrogen-bond acceptors (Lipinski definition) is 3. The molecule has 0 aliphatic heterocycles. The van der Waals surface area contributed by atoms with Crippen LogP contribution < -0.4 is 5.73 Å². The molecule has 0 amide bonds. The summed E-state index contributed by atoms with van der Waals surface area (Å²) in [6.07, 6.45) is 7.01. The lowest BCUT2D eigenvalue weighted by Gasteiger charge is -2.19. The molecule has 0 aliphatic rings. The van der Waals surface area contributed by atoms with Gasteiger partial charge in [-0.3, -0.25) is 0 Å². The number of nitrogens with two attached hydrogens (primary N) is 1. The first-order chi connectivity index (χ1) is 6.70. The fourth-order valence-electron chi connectivity index (χ4n) is 1.56. The van der Waals surface area contributed by atoms with Crippen molar-refractivity contribution >= 4 is 11.8 Å². The molecule has 2 unspecified atom stereocenters. The minimum Gasteiger partial charge on any atom is -0.329 e. The molecule has 3 nitrogen and oxygen atoms in total. The molecule has 14 heavy (non-hydrogen) atoms. The molecule has 0 saturated carbocycles. The summed E-state index contributed by atoms with van der Waals surface area (Å²) in [6.45, 7) is 4.20. The van der Waals surface area contributed by atoms with Gasteiger partial charge in [0.1, 0.15) is 0 Å². The van der Waals surface area contributed by atoms with Gasteiger partial charge >= 0.3 is 0 Å². The van der Waals surface area contributed by atoms with Crippen molar-refractivity contribution in [1.29, 1.82) is 0 Å². The highest BCUT2D eigenvalue weighted by Gasteiger charge is 2.13. The molecule has 2 N–H and O–H groups in total. The van der Waals surface area contributed by atoms with Gasteiger partial charge in [-0.05, 0) is 19.6 Å². The number of hydrogen-bond donors (Lipinski definition) is 1. The van der Waals surface area contributed by atoms with E-state index in [1.807, 2.05) is 31.2 Å². The fraction of sp³-hybridized carbons (Fsp3) is 0.700. The van der Waals surface area contributed by atoms with Crippen molar-refractivity contribution < 1.29 is 0 Å². The van der Waals surface area contributed by atoms with Crippen molar-refractivity contribution in [2.24, 2.45) is 5.73 Å². The van der Waals surface area contributed by atoms with Crippen LogP contribution in [0.15, 0.2) is 12.5 Å². The molecule has 1 aromatic heterocycles. The van der Waals surface area contributed by atoms with E-state index in [-0.39, 0.29) is 6.04 Å². The van der Waals surface area contributed by atoms with Crippen LogP contribution >= 0.6 is 11.8 Å². The molecule has 0 bridgehead atoms. The second kappa shape index (κ2) is 5.41. The maximum absolute atomic E-state index is 5.88. The van der Waals surface area contributed by atoms with E-state index >= 15 is 0 Å². The van der Waals surface area contributed by atoms with Crippen LogP contribution in [0, 0.1) is 0 Å². The molecule has 1 heterocycles. The van der Waals surface area contributed by atoms with E-state index in [4.69, 9.17) is 5.73 Å². The first-order valence-electron chi connectivity index (χ1n) is 4.96. The molecular weight excluding hydrogens is 194 g/mol. The predicted molar refractivity (Wildman–Crippen MR) is 62.5 cm³/mol. The van der Waals surface area contributed by atoms with Gasteiger partial charge in [-0.2, -0.15) is 11.8 Å². The Bertz CT molecular complexity index is 270. The maximum atomic E-state index is 5.88. The van der Waals surface area contributed by atoms with Crippen LogP contribution in [0.2, 0.25) is 0 Å². The van der Waals surface area contributed by atoms with E-state index in [0.29, 0.717) is 6.04 Å². The lowest BCUT2D eigenvalue weighted by molar-refractivity contribution is 0.507. The van der Waals surface area contributed by atoms with Gasteiger partial charge in [0.2, 0.25) is 0 Å². The Balaban J connectivity index is 2.86. The van der Waals surface area contributed by atoms with Crippen molar-refractivity contribution in [1.82, 2.24) is 9.55 Å². The van der Waals surface area contributed by atoms with Gasteiger partial charge in [-0.1, -0.05) is 6.92 Å². The highest BCUT2D eigenvalue weighted by Crippen LogP contribution is 2.21. The number of nitrogens with zero attached hydrogens (tertiary/aromatic N) is 2. The summed E-state index contributed by atoms with van der Waals surface area (Å²) in [5.74, 6) is 1.12. The monoisotopic (exact) mass is 213 g/mol. The molecular formula is C10H19N3S. The molecule has 80 valence electrons. The van der Waals surface area contributed by atoms with E-state index in [0.717, 1.165) is 17.9 Å². The highest BCUT2D eigenvalue weighted by atomic mass is 32.2. The van der Waals surface area contributed by atoms with Crippen LogP contribution in [0.3, 0.4) is 0 Å². The van der Waals surface area contributed by atoms with Crippen molar-refractivity contribution in [3.8, 4) is 0 Å². The molecule has 0 aromatic carbocycles. The first kappa shape index (κ1) is 11.6. The third kappa shape index (κ3) is 2.51. The lowest BCUT2D eigenvalue weighted by atomic mass is 10.2. The van der Waals surface area contributed by atoms with Gasteiger partial charge in [0, 0.05) is 24.0 Å². The van der Waals surface area contributed by atoms with Gasteiger partial charge in [0.15, 0.2) is 0 Å². The Kier molecular flexibility index (Phi) is 4.48. The van der Waals surface area contributed by atoms with Crippen LogP contribution in [0.4, 0.5) is 0 Å². The van der Waals surface area contributed by atoms with Gasteiger partial charge in [-0.15, -0.1) is 0 Å². The SMILES string of the molecule is CCC(CSC)n1cncc1C(C)N. The Labute approximate surface area is 90.1 Å². The topological polar surface area (TPSA) is 43.8 Å². The van der Waals surface area contributed by atoms with Crippen molar-refractivity contribution in [3.05, 3.63) is 18.2 Å². The van der Waals surface area contributed by atoms with Gasteiger partial charge in [-0.25, -0.2) is 4.98 Å². The van der Waals surface area contributed by atoms with Crippen LogP contribution in [-0.4, -0.2) is 21.6 Å². The first-order valence-corrected chi connectivity index (χ1v) is 6.36. The van der Waals surface area contributed by atoms with E-state index in [1.165, 1.54) is 0 Å². The lowest BCUT2D eigenvalue weighted by Crippen LogP contribution is -2.17. The number of aromatic nitrogens is 2. The molecule has 0 saturated heterocycles. The fourth-order valence-corrected chi connectivity index (χ4v) is 2.34. The Hall–Kier alpha value is -0.480. The molecule has 2 atom stereocenters. The highest BCUT2D eigenvalue weighted by molar-refractivity contribution is 7.98. The third-order valence-corrected chi connectivity index (χ3v) is 3.10. The Morgan fingerprint density at radius 2 is 2.36 bits per heavy atom. The van der Waals surface area contributed by atoms with E-state index in [9.17, 15) is 0 Å². The summed E-state index contributed by atoms with van der Waals surface area (Å²) in [7, 11) is 0. The zero-order valence-corrected chi connectivity index (χ0v) is 9.92. The molecule has 4 heteroatoms.